The molecule has 0 bridgehead atoms. The smallest absolute Gasteiger partial charge is 0.400 e. The van der Waals surface area contributed by atoms with Gasteiger partial charge in [0.15, 0.2) is 17.4 Å². The Balaban J connectivity index is 1.67. The molecule has 1 N–H and O–H groups in total. The van der Waals surface area contributed by atoms with Crippen molar-refractivity contribution >= 4 is 28.8 Å². The minimum Gasteiger partial charge on any atom is -0.400 e. The molecule has 2 aromatic carbocycles. The Morgan fingerprint density at radius 2 is 1.78 bits per heavy atom. The largest absolute Gasteiger partial charge is 0.433 e. The van der Waals surface area contributed by atoms with Crippen molar-refractivity contribution in [2.75, 3.05) is 5.43 Å². The van der Waals surface area contributed by atoms with E-state index >= 15 is 0 Å². The van der Waals surface area contributed by atoms with Gasteiger partial charge in [0.1, 0.15) is 4.92 Å². The van der Waals surface area contributed by atoms with Crippen LogP contribution in [0.5, 0.6) is 0 Å². The van der Waals surface area contributed by atoms with Crippen molar-refractivity contribution in [3.05, 3.63) is 82.6 Å². The molecular formula is C19H13N5O3. The number of anilines is 1. The van der Waals surface area contributed by atoms with Gasteiger partial charge in [-0.05, 0) is 18.2 Å². The molecule has 4 rings (SSSR count). The normalized spacial score (nSPS) is 11.1. The lowest BCUT2D eigenvalue weighted by atomic mass is 10.2. The molecule has 0 unspecified atom stereocenters. The molecule has 8 nitrogen and oxygen atoms in total. The van der Waals surface area contributed by atoms with Crippen molar-refractivity contribution in [3.63, 3.8) is 0 Å². The number of aromatic nitrogens is 2. The third-order valence-electron chi connectivity index (χ3n) is 3.79. The summed E-state index contributed by atoms with van der Waals surface area (Å²) in [5, 5.41) is 15.6. The Kier molecular flexibility index (Phi) is 4.28. The average Bonchev–Trinajstić information content (AvgIpc) is 3.18. The fraction of sp³-hybridized carbons (Fsp3) is 0. The average molecular weight is 359 g/mol. The zero-order valence-electron chi connectivity index (χ0n) is 13.9. The van der Waals surface area contributed by atoms with E-state index in [4.69, 9.17) is 4.42 Å². The third-order valence-corrected chi connectivity index (χ3v) is 3.79. The van der Waals surface area contributed by atoms with Gasteiger partial charge in [0, 0.05) is 10.9 Å². The molecule has 132 valence electrons. The Morgan fingerprint density at radius 3 is 2.56 bits per heavy atom. The van der Waals surface area contributed by atoms with Crippen molar-refractivity contribution < 1.29 is 9.34 Å². The summed E-state index contributed by atoms with van der Waals surface area (Å²) in [4.78, 5) is 19.2. The molecule has 8 heteroatoms. The zero-order chi connectivity index (χ0) is 18.6. The van der Waals surface area contributed by atoms with Crippen LogP contribution in [0.4, 0.5) is 11.7 Å². The Labute approximate surface area is 153 Å². The van der Waals surface area contributed by atoms with Gasteiger partial charge < -0.3 is 4.42 Å². The number of hydrazone groups is 1. The summed E-state index contributed by atoms with van der Waals surface area (Å²) in [6, 6.07) is 19.9. The predicted molar refractivity (Wildman–Crippen MR) is 102 cm³/mol. The van der Waals surface area contributed by atoms with E-state index in [0.717, 1.165) is 16.5 Å². The van der Waals surface area contributed by atoms with Crippen molar-refractivity contribution in [2.45, 2.75) is 0 Å². The van der Waals surface area contributed by atoms with E-state index < -0.39 is 4.92 Å². The molecule has 0 aliphatic heterocycles. The molecule has 0 atom stereocenters. The van der Waals surface area contributed by atoms with Crippen molar-refractivity contribution in [2.24, 2.45) is 5.10 Å². The number of nitrogens with zero attached hydrogens (tertiary/aromatic N) is 4. The molecule has 0 fully saturated rings. The standard InChI is InChI=1S/C19H13N5O3/c25-24(26)17-11-10-14(27-17)12-20-23-19-15-8-4-5-9-16(15)21-18(22-19)13-6-2-1-3-7-13/h1-12H,(H,21,22,23)/b20-12+. The van der Waals surface area contributed by atoms with E-state index in [9.17, 15) is 10.1 Å². The van der Waals surface area contributed by atoms with Gasteiger partial charge in [0.05, 0.1) is 17.8 Å². The van der Waals surface area contributed by atoms with Crippen LogP contribution in [0.2, 0.25) is 0 Å². The van der Waals surface area contributed by atoms with Gasteiger partial charge in [-0.2, -0.15) is 5.10 Å². The van der Waals surface area contributed by atoms with Crippen LogP contribution in [0, 0.1) is 10.1 Å². The van der Waals surface area contributed by atoms with Gasteiger partial charge in [-0.3, -0.25) is 15.5 Å². The number of fused-ring (bicyclic) bond motifs is 1. The highest BCUT2D eigenvalue weighted by Gasteiger charge is 2.11. The fourth-order valence-corrected chi connectivity index (χ4v) is 2.54. The molecule has 0 aliphatic rings. The van der Waals surface area contributed by atoms with Gasteiger partial charge in [-0.1, -0.05) is 42.5 Å². The van der Waals surface area contributed by atoms with Gasteiger partial charge in [0.25, 0.3) is 0 Å². The summed E-state index contributed by atoms with van der Waals surface area (Å²) >= 11 is 0. The minimum atomic E-state index is -0.602. The lowest BCUT2D eigenvalue weighted by Crippen LogP contribution is -1.99. The maximum atomic E-state index is 10.7. The number of furan rings is 1. The highest BCUT2D eigenvalue weighted by atomic mass is 16.6. The van der Waals surface area contributed by atoms with Crippen LogP contribution < -0.4 is 5.43 Å². The zero-order valence-corrected chi connectivity index (χ0v) is 13.9. The number of rotatable bonds is 5. The molecule has 2 heterocycles. The molecule has 0 spiro atoms. The quantitative estimate of drug-likeness (QED) is 0.324. The van der Waals surface area contributed by atoms with Gasteiger partial charge >= 0.3 is 5.88 Å². The van der Waals surface area contributed by atoms with Crippen LogP contribution in [0.15, 0.2) is 76.2 Å². The molecular weight excluding hydrogens is 346 g/mol. The molecule has 0 aliphatic carbocycles. The molecule has 0 saturated carbocycles. The second kappa shape index (κ2) is 7.04. The van der Waals surface area contributed by atoms with E-state index in [1.54, 1.807) is 0 Å². The van der Waals surface area contributed by atoms with Crippen LogP contribution >= 0.6 is 0 Å². The van der Waals surface area contributed by atoms with Crippen molar-refractivity contribution in [1.82, 2.24) is 9.97 Å². The molecule has 2 aromatic heterocycles. The summed E-state index contributed by atoms with van der Waals surface area (Å²) in [7, 11) is 0. The summed E-state index contributed by atoms with van der Waals surface area (Å²) < 4.78 is 5.04. The van der Waals surface area contributed by atoms with Crippen LogP contribution in [-0.2, 0) is 0 Å². The van der Waals surface area contributed by atoms with Gasteiger partial charge in [-0.15, -0.1) is 0 Å². The minimum absolute atomic E-state index is 0.260. The van der Waals surface area contributed by atoms with Gasteiger partial charge in [0.2, 0.25) is 0 Å². The number of hydrogen-bond acceptors (Lipinski definition) is 7. The topological polar surface area (TPSA) is 106 Å². The molecule has 0 radical (unpaired) electrons. The maximum Gasteiger partial charge on any atom is 0.433 e. The third kappa shape index (κ3) is 3.49. The van der Waals surface area contributed by atoms with Crippen LogP contribution in [0.25, 0.3) is 22.3 Å². The maximum absolute atomic E-state index is 10.7. The van der Waals surface area contributed by atoms with E-state index in [-0.39, 0.29) is 11.6 Å². The monoisotopic (exact) mass is 359 g/mol. The highest BCUT2D eigenvalue weighted by Crippen LogP contribution is 2.24. The number of para-hydroxylation sites is 1. The Morgan fingerprint density at radius 1 is 1.00 bits per heavy atom. The lowest BCUT2D eigenvalue weighted by Gasteiger charge is -2.08. The predicted octanol–water partition coefficient (Wildman–Crippen LogP) is 4.24. The fourth-order valence-electron chi connectivity index (χ4n) is 2.54. The van der Waals surface area contributed by atoms with Crippen LogP contribution in [0.1, 0.15) is 5.76 Å². The molecule has 0 amide bonds. The number of nitro groups is 1. The van der Waals surface area contributed by atoms with Crippen LogP contribution in [0.3, 0.4) is 0 Å². The van der Waals surface area contributed by atoms with E-state index in [2.05, 4.69) is 20.5 Å². The van der Waals surface area contributed by atoms with Crippen LogP contribution in [-0.4, -0.2) is 21.1 Å². The summed E-state index contributed by atoms with van der Waals surface area (Å²) in [5.74, 6) is 1.02. The second-order valence-electron chi connectivity index (χ2n) is 5.58. The second-order valence-corrected chi connectivity index (χ2v) is 5.58. The van der Waals surface area contributed by atoms with Crippen molar-refractivity contribution in [3.8, 4) is 11.4 Å². The number of hydrogen-bond donors (Lipinski definition) is 1. The first-order valence-electron chi connectivity index (χ1n) is 8.06. The SMILES string of the molecule is O=[N+]([O-])c1ccc(/C=N/Nc2nc(-c3ccccc3)nc3ccccc23)o1. The first-order chi connectivity index (χ1) is 13.2. The first-order valence-corrected chi connectivity index (χ1v) is 8.06. The first kappa shape index (κ1) is 16.4. The summed E-state index contributed by atoms with van der Waals surface area (Å²) in [5.41, 5.74) is 4.53. The summed E-state index contributed by atoms with van der Waals surface area (Å²) in [6.07, 6.45) is 1.35. The van der Waals surface area contributed by atoms with E-state index in [0.29, 0.717) is 11.6 Å². The summed E-state index contributed by atoms with van der Waals surface area (Å²) in [6.45, 7) is 0. The Hall–Kier alpha value is -4.07. The van der Waals surface area contributed by atoms with E-state index in [1.165, 1.54) is 18.3 Å². The molecule has 0 saturated heterocycles. The lowest BCUT2D eigenvalue weighted by molar-refractivity contribution is -0.402. The molecule has 4 aromatic rings. The number of nitrogens with one attached hydrogen (secondary N) is 1. The Bertz CT molecular complexity index is 1140. The highest BCUT2D eigenvalue weighted by molar-refractivity contribution is 5.91. The van der Waals surface area contributed by atoms with Gasteiger partial charge in [-0.25, -0.2) is 9.97 Å². The van der Waals surface area contributed by atoms with E-state index in [1.807, 2.05) is 54.6 Å². The van der Waals surface area contributed by atoms with Crippen molar-refractivity contribution in [1.29, 1.82) is 0 Å². The molecule has 27 heavy (non-hydrogen) atoms. The number of benzene rings is 2.